The quantitative estimate of drug-likeness (QED) is 0.503. The lowest BCUT2D eigenvalue weighted by Crippen LogP contribution is -2.63. The summed E-state index contributed by atoms with van der Waals surface area (Å²) in [5, 5.41) is 10.0. The number of rotatable bonds is 8. The maximum atomic E-state index is 12.2. The molecule has 130 valence electrons. The fraction of sp³-hybridized carbons (Fsp3) is 0.400. The largest absolute Gasteiger partial charge is 0.394 e. The molecule has 0 saturated heterocycles. The molecule has 2 unspecified atom stereocenters. The third-order valence-electron chi connectivity index (χ3n) is 4.27. The number of allylic oxidation sites excluding steroid dienone is 2. The summed E-state index contributed by atoms with van der Waals surface area (Å²) < 4.78 is 0.493. The molecule has 0 amide bonds. The third kappa shape index (κ3) is 2.98. The summed E-state index contributed by atoms with van der Waals surface area (Å²) >= 11 is 0. The average Bonchev–Trinajstić information content (AvgIpc) is 2.55. The van der Waals surface area contributed by atoms with E-state index < -0.39 is 52.6 Å². The molecule has 0 spiro atoms. The van der Waals surface area contributed by atoms with E-state index in [0.717, 1.165) is 12.2 Å². The zero-order valence-corrected chi connectivity index (χ0v) is 13.4. The number of hydrogen-bond acceptors (Lipinski definition) is 6. The SMILES string of the molecule is C=CC(=O)C(C)C(CO)(C(C)C(=O)C=C)n1c(=O)[nH]c(=O)[nH]c1=O. The van der Waals surface area contributed by atoms with Crippen molar-refractivity contribution in [1.82, 2.24) is 14.5 Å². The normalized spacial score (nSPS) is 15.8. The van der Waals surface area contributed by atoms with Gasteiger partial charge in [0.25, 0.3) is 0 Å². The van der Waals surface area contributed by atoms with Gasteiger partial charge in [-0.3, -0.25) is 19.6 Å². The van der Waals surface area contributed by atoms with Crippen LogP contribution in [0.5, 0.6) is 0 Å². The van der Waals surface area contributed by atoms with Gasteiger partial charge in [0.15, 0.2) is 11.6 Å². The molecule has 1 rings (SSSR count). The molecule has 0 bridgehead atoms. The van der Waals surface area contributed by atoms with Gasteiger partial charge in [-0.15, -0.1) is 0 Å². The molecule has 0 aliphatic rings. The number of carbonyl (C=O) groups excluding carboxylic acids is 2. The van der Waals surface area contributed by atoms with Crippen LogP contribution in [0.1, 0.15) is 13.8 Å². The number of ketones is 2. The van der Waals surface area contributed by atoms with Crippen LogP contribution < -0.4 is 17.1 Å². The van der Waals surface area contributed by atoms with Crippen molar-refractivity contribution in [1.29, 1.82) is 0 Å². The highest BCUT2D eigenvalue weighted by atomic mass is 16.3. The number of nitrogens with zero attached hydrogens (tertiary/aromatic N) is 1. The standard InChI is InChI=1S/C15H19N3O6/c1-5-10(20)8(3)15(7-19,9(4)11(21)6-2)18-13(23)16-12(22)17-14(18)24/h5-6,8-9,19H,1-2,7H2,3-4H3,(H2,16,17,22,23,24). The first-order chi connectivity index (χ1) is 11.2. The summed E-state index contributed by atoms with van der Waals surface area (Å²) in [6, 6.07) is 0. The van der Waals surface area contributed by atoms with Gasteiger partial charge in [-0.2, -0.15) is 0 Å². The minimum absolute atomic E-state index is 0.493. The molecule has 9 nitrogen and oxygen atoms in total. The number of aliphatic hydroxyl groups is 1. The fourth-order valence-electron chi connectivity index (χ4n) is 2.76. The molecule has 0 aromatic carbocycles. The monoisotopic (exact) mass is 337 g/mol. The number of aromatic amines is 2. The molecule has 0 radical (unpaired) electrons. The minimum Gasteiger partial charge on any atom is -0.394 e. The predicted molar refractivity (Wildman–Crippen MR) is 85.7 cm³/mol. The Kier molecular flexibility index (Phi) is 5.75. The van der Waals surface area contributed by atoms with Crippen molar-refractivity contribution in [3.8, 4) is 0 Å². The Labute approximate surface area is 136 Å². The van der Waals surface area contributed by atoms with Crippen molar-refractivity contribution >= 4 is 11.6 Å². The van der Waals surface area contributed by atoms with E-state index in [4.69, 9.17) is 0 Å². The number of aliphatic hydroxyl groups excluding tert-OH is 1. The van der Waals surface area contributed by atoms with E-state index in [2.05, 4.69) is 13.2 Å². The van der Waals surface area contributed by atoms with Gasteiger partial charge in [0.05, 0.1) is 12.1 Å². The highest BCUT2D eigenvalue weighted by Gasteiger charge is 2.49. The Morgan fingerprint density at radius 3 is 1.75 bits per heavy atom. The number of aromatic nitrogens is 3. The molecule has 2 atom stereocenters. The Bertz CT molecular complexity index is 783. The van der Waals surface area contributed by atoms with Crippen LogP contribution in [0, 0.1) is 11.8 Å². The van der Waals surface area contributed by atoms with Crippen molar-refractivity contribution in [2.45, 2.75) is 19.4 Å². The number of hydrogen-bond donors (Lipinski definition) is 3. The number of H-pyrrole nitrogens is 2. The van der Waals surface area contributed by atoms with E-state index in [1.54, 1.807) is 0 Å². The molecule has 0 fully saturated rings. The Hall–Kier alpha value is -2.81. The van der Waals surface area contributed by atoms with Crippen LogP contribution in [0.2, 0.25) is 0 Å². The fourth-order valence-corrected chi connectivity index (χ4v) is 2.76. The maximum absolute atomic E-state index is 12.2. The minimum atomic E-state index is -1.93. The topological polar surface area (TPSA) is 142 Å². The van der Waals surface area contributed by atoms with E-state index in [9.17, 15) is 29.1 Å². The highest BCUT2D eigenvalue weighted by molar-refractivity contribution is 5.95. The smallest absolute Gasteiger partial charge is 0.334 e. The summed E-state index contributed by atoms with van der Waals surface area (Å²) in [6.07, 6.45) is 1.93. The average molecular weight is 337 g/mol. The molecular weight excluding hydrogens is 318 g/mol. The van der Waals surface area contributed by atoms with E-state index in [-0.39, 0.29) is 0 Å². The molecule has 1 aromatic rings. The van der Waals surface area contributed by atoms with Gasteiger partial charge in [0, 0.05) is 11.8 Å². The molecular formula is C15H19N3O6. The van der Waals surface area contributed by atoms with Gasteiger partial charge in [-0.25, -0.2) is 19.0 Å². The van der Waals surface area contributed by atoms with Gasteiger partial charge in [-0.05, 0) is 12.2 Å². The van der Waals surface area contributed by atoms with Crippen molar-refractivity contribution in [3.63, 3.8) is 0 Å². The molecule has 0 aliphatic heterocycles. The third-order valence-corrected chi connectivity index (χ3v) is 4.27. The van der Waals surface area contributed by atoms with Crippen LogP contribution in [0.4, 0.5) is 0 Å². The van der Waals surface area contributed by atoms with Crippen LogP contribution in [-0.4, -0.2) is 37.8 Å². The Morgan fingerprint density at radius 1 is 1.08 bits per heavy atom. The maximum Gasteiger partial charge on any atom is 0.334 e. The van der Waals surface area contributed by atoms with Gasteiger partial charge in [-0.1, -0.05) is 27.0 Å². The molecule has 3 N–H and O–H groups in total. The summed E-state index contributed by atoms with van der Waals surface area (Å²) in [6.45, 7) is 8.50. The van der Waals surface area contributed by atoms with Crippen molar-refractivity contribution in [3.05, 3.63) is 56.8 Å². The lowest BCUT2D eigenvalue weighted by Gasteiger charge is -2.40. The summed E-state index contributed by atoms with van der Waals surface area (Å²) in [4.78, 5) is 63.6. The summed E-state index contributed by atoms with van der Waals surface area (Å²) in [7, 11) is 0. The zero-order chi connectivity index (χ0) is 18.7. The molecule has 24 heavy (non-hydrogen) atoms. The summed E-state index contributed by atoms with van der Waals surface area (Å²) in [5.74, 6) is -3.51. The van der Waals surface area contributed by atoms with Crippen LogP contribution in [0.3, 0.4) is 0 Å². The second-order valence-electron chi connectivity index (χ2n) is 5.33. The van der Waals surface area contributed by atoms with Gasteiger partial charge in [0.2, 0.25) is 0 Å². The van der Waals surface area contributed by atoms with Gasteiger partial charge >= 0.3 is 17.1 Å². The van der Waals surface area contributed by atoms with Crippen molar-refractivity contribution in [2.24, 2.45) is 11.8 Å². The highest BCUT2D eigenvalue weighted by Crippen LogP contribution is 2.34. The van der Waals surface area contributed by atoms with Crippen LogP contribution in [0.15, 0.2) is 39.7 Å². The number of nitrogens with one attached hydrogen (secondary N) is 2. The first kappa shape index (κ1) is 19.2. The molecule has 1 aromatic heterocycles. The zero-order valence-electron chi connectivity index (χ0n) is 13.4. The van der Waals surface area contributed by atoms with E-state index in [1.807, 2.05) is 9.97 Å². The molecule has 9 heteroatoms. The van der Waals surface area contributed by atoms with Crippen molar-refractivity contribution < 1.29 is 14.7 Å². The van der Waals surface area contributed by atoms with E-state index >= 15 is 0 Å². The molecule has 0 saturated carbocycles. The Balaban J connectivity index is 3.94. The molecule has 0 aliphatic carbocycles. The van der Waals surface area contributed by atoms with Gasteiger partial charge in [0.1, 0.15) is 0 Å². The molecule has 1 heterocycles. The van der Waals surface area contributed by atoms with E-state index in [0.29, 0.717) is 4.57 Å². The van der Waals surface area contributed by atoms with Crippen LogP contribution >= 0.6 is 0 Å². The van der Waals surface area contributed by atoms with Gasteiger partial charge < -0.3 is 5.11 Å². The van der Waals surface area contributed by atoms with Crippen LogP contribution in [-0.2, 0) is 15.1 Å². The summed E-state index contributed by atoms with van der Waals surface area (Å²) in [5.41, 5.74) is -5.26. The predicted octanol–water partition coefficient (Wildman–Crippen LogP) is -1.31. The first-order valence-electron chi connectivity index (χ1n) is 7.06. The second kappa shape index (κ2) is 7.18. The lowest BCUT2D eigenvalue weighted by molar-refractivity contribution is -0.130. The first-order valence-corrected chi connectivity index (χ1v) is 7.06. The number of carbonyl (C=O) groups is 2. The van der Waals surface area contributed by atoms with Crippen LogP contribution in [0.25, 0.3) is 0 Å². The second-order valence-corrected chi connectivity index (χ2v) is 5.33. The Morgan fingerprint density at radius 2 is 1.46 bits per heavy atom. The van der Waals surface area contributed by atoms with Crippen molar-refractivity contribution in [2.75, 3.05) is 6.61 Å². The lowest BCUT2D eigenvalue weighted by atomic mass is 9.72. The van der Waals surface area contributed by atoms with E-state index in [1.165, 1.54) is 13.8 Å².